The summed E-state index contributed by atoms with van der Waals surface area (Å²) in [6.07, 6.45) is 0.834. The Kier molecular flexibility index (Phi) is 2.12. The number of halogens is 1. The van der Waals surface area contributed by atoms with E-state index in [4.69, 9.17) is 0 Å². The molecular formula is C10H10BrNO. The molecule has 0 bridgehead atoms. The van der Waals surface area contributed by atoms with Gasteiger partial charge in [-0.2, -0.15) is 0 Å². The van der Waals surface area contributed by atoms with Crippen LogP contribution in [0.15, 0.2) is 22.7 Å². The molecule has 0 saturated heterocycles. The van der Waals surface area contributed by atoms with Crippen molar-refractivity contribution in [3.05, 3.63) is 28.2 Å². The van der Waals surface area contributed by atoms with Crippen LogP contribution < -0.4 is 5.32 Å². The van der Waals surface area contributed by atoms with Gasteiger partial charge < -0.3 is 5.32 Å². The zero-order valence-corrected chi connectivity index (χ0v) is 8.89. The summed E-state index contributed by atoms with van der Waals surface area (Å²) in [7, 11) is 0. The first-order valence-electron chi connectivity index (χ1n) is 4.26. The van der Waals surface area contributed by atoms with Crippen molar-refractivity contribution in [3.8, 4) is 0 Å². The summed E-state index contributed by atoms with van der Waals surface area (Å²) in [4.78, 5) is 11.3. The number of anilines is 1. The van der Waals surface area contributed by atoms with Gasteiger partial charge in [0.2, 0.25) is 5.91 Å². The number of nitrogens with one attached hydrogen (secondary N) is 1. The van der Waals surface area contributed by atoms with Crippen LogP contribution in [0.1, 0.15) is 12.5 Å². The fourth-order valence-corrected chi connectivity index (χ4v) is 1.94. The summed E-state index contributed by atoms with van der Waals surface area (Å²) in [5, 5.41) is 2.88. The van der Waals surface area contributed by atoms with E-state index in [1.165, 1.54) is 5.56 Å². The lowest BCUT2D eigenvalue weighted by Crippen LogP contribution is -2.27. The molecule has 1 amide bonds. The number of amides is 1. The zero-order chi connectivity index (χ0) is 9.42. The highest BCUT2D eigenvalue weighted by Gasteiger charge is 2.21. The summed E-state index contributed by atoms with van der Waals surface area (Å²) < 4.78 is 1.06. The molecule has 2 rings (SSSR count). The Balaban J connectivity index is 2.42. The molecular weight excluding hydrogens is 230 g/mol. The van der Waals surface area contributed by atoms with Crippen LogP contribution in [0, 0.1) is 5.92 Å². The number of rotatable bonds is 0. The van der Waals surface area contributed by atoms with Gasteiger partial charge in [0.15, 0.2) is 0 Å². The summed E-state index contributed by atoms with van der Waals surface area (Å²) in [5.74, 6) is 0.205. The minimum absolute atomic E-state index is 0.0850. The second kappa shape index (κ2) is 3.14. The normalized spacial score (nSPS) is 20.8. The molecule has 1 N–H and O–H groups in total. The van der Waals surface area contributed by atoms with Crippen molar-refractivity contribution < 1.29 is 4.79 Å². The summed E-state index contributed by atoms with van der Waals surface area (Å²) in [6, 6.07) is 5.93. The molecule has 1 aromatic carbocycles. The third-order valence-corrected chi connectivity index (χ3v) is 2.79. The molecule has 1 aromatic rings. The van der Waals surface area contributed by atoms with Crippen LogP contribution in [-0.2, 0) is 11.2 Å². The maximum Gasteiger partial charge on any atom is 0.227 e. The number of hydrogen-bond donors (Lipinski definition) is 1. The number of carbonyl (C=O) groups excluding carboxylic acids is 1. The molecule has 0 fully saturated rings. The number of carbonyl (C=O) groups is 1. The van der Waals surface area contributed by atoms with E-state index >= 15 is 0 Å². The minimum Gasteiger partial charge on any atom is -0.326 e. The quantitative estimate of drug-likeness (QED) is 0.741. The maximum atomic E-state index is 11.3. The SMILES string of the molecule is C[C@@H]1Cc2cc(Br)ccc2NC1=O. The highest BCUT2D eigenvalue weighted by Crippen LogP contribution is 2.27. The molecule has 1 aliphatic heterocycles. The molecule has 3 heteroatoms. The molecule has 2 nitrogen and oxygen atoms in total. The van der Waals surface area contributed by atoms with Crippen LogP contribution >= 0.6 is 15.9 Å². The van der Waals surface area contributed by atoms with Crippen LogP contribution in [0.5, 0.6) is 0 Å². The van der Waals surface area contributed by atoms with Crippen LogP contribution in [0.2, 0.25) is 0 Å². The molecule has 1 heterocycles. The molecule has 0 aromatic heterocycles. The summed E-state index contributed by atoms with van der Waals surface area (Å²) in [5.41, 5.74) is 2.16. The zero-order valence-electron chi connectivity index (χ0n) is 7.30. The van der Waals surface area contributed by atoms with Gasteiger partial charge >= 0.3 is 0 Å². The standard InChI is InChI=1S/C10H10BrNO/c1-6-4-7-5-8(11)2-3-9(7)12-10(6)13/h2-3,5-6H,4H2,1H3,(H,12,13)/t6-/m1/s1. The molecule has 0 radical (unpaired) electrons. The average molecular weight is 240 g/mol. The van der Waals surface area contributed by atoms with E-state index in [0.29, 0.717) is 0 Å². The van der Waals surface area contributed by atoms with Crippen LogP contribution in [-0.4, -0.2) is 5.91 Å². The Labute approximate surface area is 85.5 Å². The molecule has 0 spiro atoms. The van der Waals surface area contributed by atoms with E-state index in [1.54, 1.807) is 0 Å². The van der Waals surface area contributed by atoms with E-state index in [2.05, 4.69) is 27.3 Å². The molecule has 0 aliphatic carbocycles. The fraction of sp³-hybridized carbons (Fsp3) is 0.300. The molecule has 0 unspecified atom stereocenters. The Morgan fingerprint density at radius 3 is 3.08 bits per heavy atom. The molecule has 1 aliphatic rings. The Hall–Kier alpha value is -0.830. The van der Waals surface area contributed by atoms with E-state index < -0.39 is 0 Å². The first-order valence-corrected chi connectivity index (χ1v) is 5.05. The predicted octanol–water partition coefficient (Wildman–Crippen LogP) is 2.58. The van der Waals surface area contributed by atoms with Gasteiger partial charge in [-0.1, -0.05) is 22.9 Å². The predicted molar refractivity (Wildman–Crippen MR) is 55.6 cm³/mol. The van der Waals surface area contributed by atoms with Crippen molar-refractivity contribution in [2.75, 3.05) is 5.32 Å². The molecule has 1 atom stereocenters. The topological polar surface area (TPSA) is 29.1 Å². The van der Waals surface area contributed by atoms with Gasteiger partial charge in [0, 0.05) is 16.1 Å². The van der Waals surface area contributed by atoms with Crippen molar-refractivity contribution >= 4 is 27.5 Å². The second-order valence-corrected chi connectivity index (χ2v) is 4.31. The second-order valence-electron chi connectivity index (χ2n) is 3.40. The van der Waals surface area contributed by atoms with Crippen molar-refractivity contribution in [3.63, 3.8) is 0 Å². The first kappa shape index (κ1) is 8.75. The van der Waals surface area contributed by atoms with E-state index in [9.17, 15) is 4.79 Å². The van der Waals surface area contributed by atoms with Crippen LogP contribution in [0.25, 0.3) is 0 Å². The largest absolute Gasteiger partial charge is 0.326 e. The number of fused-ring (bicyclic) bond motifs is 1. The smallest absolute Gasteiger partial charge is 0.227 e. The average Bonchev–Trinajstić information content (AvgIpc) is 2.08. The van der Waals surface area contributed by atoms with Gasteiger partial charge in [-0.15, -0.1) is 0 Å². The lowest BCUT2D eigenvalue weighted by molar-refractivity contribution is -0.119. The van der Waals surface area contributed by atoms with Gasteiger partial charge in [-0.25, -0.2) is 0 Å². The maximum absolute atomic E-state index is 11.3. The molecule has 13 heavy (non-hydrogen) atoms. The van der Waals surface area contributed by atoms with E-state index in [-0.39, 0.29) is 11.8 Å². The third kappa shape index (κ3) is 1.61. The first-order chi connectivity index (χ1) is 6.16. The van der Waals surface area contributed by atoms with Crippen molar-refractivity contribution in [2.45, 2.75) is 13.3 Å². The van der Waals surface area contributed by atoms with Crippen LogP contribution in [0.4, 0.5) is 5.69 Å². The monoisotopic (exact) mass is 239 g/mol. The number of hydrogen-bond acceptors (Lipinski definition) is 1. The van der Waals surface area contributed by atoms with Gasteiger partial charge in [0.25, 0.3) is 0 Å². The Bertz CT molecular complexity index is 362. The fourth-order valence-electron chi connectivity index (χ4n) is 1.53. The van der Waals surface area contributed by atoms with Crippen molar-refractivity contribution in [1.29, 1.82) is 0 Å². The lowest BCUT2D eigenvalue weighted by Gasteiger charge is -2.21. The summed E-state index contributed by atoms with van der Waals surface area (Å²) in [6.45, 7) is 1.94. The summed E-state index contributed by atoms with van der Waals surface area (Å²) >= 11 is 3.41. The highest BCUT2D eigenvalue weighted by molar-refractivity contribution is 9.10. The van der Waals surface area contributed by atoms with Gasteiger partial charge in [-0.05, 0) is 30.2 Å². The van der Waals surface area contributed by atoms with Crippen molar-refractivity contribution in [1.82, 2.24) is 0 Å². The van der Waals surface area contributed by atoms with Gasteiger partial charge in [0.05, 0.1) is 0 Å². The Morgan fingerprint density at radius 2 is 2.31 bits per heavy atom. The Morgan fingerprint density at radius 1 is 1.54 bits per heavy atom. The lowest BCUT2D eigenvalue weighted by atomic mass is 9.95. The molecule has 68 valence electrons. The van der Waals surface area contributed by atoms with Crippen LogP contribution in [0.3, 0.4) is 0 Å². The third-order valence-electron chi connectivity index (χ3n) is 2.30. The van der Waals surface area contributed by atoms with E-state index in [0.717, 1.165) is 16.6 Å². The number of benzene rings is 1. The highest BCUT2D eigenvalue weighted by atomic mass is 79.9. The minimum atomic E-state index is 0.0850. The van der Waals surface area contributed by atoms with Gasteiger partial charge in [0.1, 0.15) is 0 Å². The van der Waals surface area contributed by atoms with Gasteiger partial charge in [-0.3, -0.25) is 4.79 Å². The molecule has 0 saturated carbocycles. The van der Waals surface area contributed by atoms with E-state index in [1.807, 2.05) is 19.1 Å². The van der Waals surface area contributed by atoms with Crippen molar-refractivity contribution in [2.24, 2.45) is 5.92 Å².